The molecule has 1 atom stereocenters. The smallest absolute Gasteiger partial charge is 0.258 e. The molecule has 126 valence electrons. The monoisotopic (exact) mass is 325 g/mol. The van der Waals surface area contributed by atoms with E-state index in [0.717, 1.165) is 25.2 Å². The summed E-state index contributed by atoms with van der Waals surface area (Å²) in [5, 5.41) is 0. The topological polar surface area (TPSA) is 47.4 Å². The first-order chi connectivity index (χ1) is 11.5. The normalized spacial score (nSPS) is 22.1. The quantitative estimate of drug-likeness (QED) is 0.867. The van der Waals surface area contributed by atoms with E-state index < -0.39 is 0 Å². The Morgan fingerprint density at radius 1 is 1.29 bits per heavy atom. The van der Waals surface area contributed by atoms with Crippen molar-refractivity contribution >= 4 is 5.91 Å². The zero-order chi connectivity index (χ0) is 16.9. The van der Waals surface area contributed by atoms with Gasteiger partial charge < -0.3 is 14.2 Å². The summed E-state index contributed by atoms with van der Waals surface area (Å²) in [4.78, 5) is 19.6. The molecule has 1 saturated carbocycles. The number of carbonyl (C=O) groups is 1. The van der Waals surface area contributed by atoms with Gasteiger partial charge in [-0.2, -0.15) is 0 Å². The summed E-state index contributed by atoms with van der Waals surface area (Å²) in [6.45, 7) is 5.09. The second kappa shape index (κ2) is 5.36. The molecule has 1 aromatic heterocycles. The molecule has 0 radical (unpaired) electrons. The molecular formula is C19H23N3O2. The number of imidazole rings is 1. The van der Waals surface area contributed by atoms with Gasteiger partial charge in [0.1, 0.15) is 11.6 Å². The van der Waals surface area contributed by atoms with Crippen molar-refractivity contribution in [3.05, 3.63) is 48.0 Å². The van der Waals surface area contributed by atoms with Gasteiger partial charge in [-0.3, -0.25) is 4.79 Å². The van der Waals surface area contributed by atoms with Gasteiger partial charge in [0, 0.05) is 31.4 Å². The lowest BCUT2D eigenvalue weighted by Gasteiger charge is -2.53. The molecule has 2 aromatic rings. The molecule has 2 fully saturated rings. The van der Waals surface area contributed by atoms with Crippen LogP contribution in [0.5, 0.6) is 5.75 Å². The number of para-hydroxylation sites is 1. The van der Waals surface area contributed by atoms with E-state index in [-0.39, 0.29) is 23.5 Å². The highest BCUT2D eigenvalue weighted by Gasteiger charge is 2.51. The fourth-order valence-corrected chi connectivity index (χ4v) is 3.51. The molecule has 1 aliphatic heterocycles. The van der Waals surface area contributed by atoms with Gasteiger partial charge in [-0.05, 0) is 25.0 Å². The Labute approximate surface area is 142 Å². The zero-order valence-electron chi connectivity index (χ0n) is 14.4. The average molecular weight is 325 g/mol. The molecule has 0 N–H and O–H groups in total. The van der Waals surface area contributed by atoms with Crippen molar-refractivity contribution < 1.29 is 9.53 Å². The number of ether oxygens (including phenoxy) is 1. The summed E-state index contributed by atoms with van der Waals surface area (Å²) in [5.41, 5.74) is 0.667. The minimum Gasteiger partial charge on any atom is -0.490 e. The van der Waals surface area contributed by atoms with Crippen LogP contribution in [0.4, 0.5) is 0 Å². The van der Waals surface area contributed by atoms with Gasteiger partial charge in [-0.25, -0.2) is 4.98 Å². The first-order valence-electron chi connectivity index (χ1n) is 8.51. The molecule has 1 unspecified atom stereocenters. The second-order valence-corrected chi connectivity index (χ2v) is 7.53. The van der Waals surface area contributed by atoms with Gasteiger partial charge in [0.25, 0.3) is 5.91 Å². The van der Waals surface area contributed by atoms with E-state index in [0.29, 0.717) is 11.3 Å². The molecule has 24 heavy (non-hydrogen) atoms. The molecule has 2 aliphatic rings. The van der Waals surface area contributed by atoms with Crippen LogP contribution in [0.3, 0.4) is 0 Å². The van der Waals surface area contributed by atoms with Gasteiger partial charge in [-0.15, -0.1) is 0 Å². The van der Waals surface area contributed by atoms with Crippen LogP contribution < -0.4 is 4.74 Å². The summed E-state index contributed by atoms with van der Waals surface area (Å²) < 4.78 is 7.93. The molecule has 1 saturated heterocycles. The number of carbonyl (C=O) groups excluding carboxylic acids is 1. The van der Waals surface area contributed by atoms with Gasteiger partial charge in [0.2, 0.25) is 0 Å². The Morgan fingerprint density at radius 2 is 2.04 bits per heavy atom. The maximum absolute atomic E-state index is 13.2. The first kappa shape index (κ1) is 15.2. The predicted octanol–water partition coefficient (Wildman–Crippen LogP) is 3.18. The minimum absolute atomic E-state index is 0.0148. The van der Waals surface area contributed by atoms with Gasteiger partial charge in [0.05, 0.1) is 17.7 Å². The number of amides is 1. The summed E-state index contributed by atoms with van der Waals surface area (Å²) in [6, 6.07) is 7.56. The maximum atomic E-state index is 13.2. The van der Waals surface area contributed by atoms with Crippen LogP contribution in [-0.4, -0.2) is 33.0 Å². The number of aromatic nitrogens is 2. The number of nitrogens with zero attached hydrogens (tertiary/aromatic N) is 3. The number of likely N-dealkylation sites (tertiary alicyclic amines) is 1. The van der Waals surface area contributed by atoms with Gasteiger partial charge in [0.15, 0.2) is 0 Å². The molecule has 0 spiro atoms. The van der Waals surface area contributed by atoms with E-state index in [9.17, 15) is 4.79 Å². The third-order valence-electron chi connectivity index (χ3n) is 4.93. The van der Waals surface area contributed by atoms with Crippen LogP contribution in [0, 0.1) is 5.41 Å². The Bertz CT molecular complexity index is 776. The minimum atomic E-state index is -0.0148. The molecule has 1 aromatic carbocycles. The summed E-state index contributed by atoms with van der Waals surface area (Å²) >= 11 is 0. The third kappa shape index (κ3) is 2.48. The SMILES string of the molecule is Cn1ccnc1C1N(C(=O)c2ccccc2OC2CC2)CC1(C)C. The van der Waals surface area contributed by atoms with Gasteiger partial charge >= 0.3 is 0 Å². The number of aryl methyl sites for hydroxylation is 1. The highest BCUT2D eigenvalue weighted by atomic mass is 16.5. The molecule has 4 rings (SSSR count). The number of rotatable bonds is 4. The Hall–Kier alpha value is -2.30. The van der Waals surface area contributed by atoms with Crippen molar-refractivity contribution in [1.82, 2.24) is 14.5 Å². The molecular weight excluding hydrogens is 302 g/mol. The lowest BCUT2D eigenvalue weighted by molar-refractivity contribution is -0.0377. The molecule has 5 heteroatoms. The third-order valence-corrected chi connectivity index (χ3v) is 4.93. The molecule has 1 aliphatic carbocycles. The van der Waals surface area contributed by atoms with Gasteiger partial charge in [-0.1, -0.05) is 26.0 Å². The Kier molecular flexibility index (Phi) is 3.41. The highest BCUT2D eigenvalue weighted by Crippen LogP contribution is 2.48. The van der Waals surface area contributed by atoms with Crippen LogP contribution in [0.1, 0.15) is 48.9 Å². The lowest BCUT2D eigenvalue weighted by Crippen LogP contribution is -2.58. The van der Waals surface area contributed by atoms with Crippen molar-refractivity contribution in [3.63, 3.8) is 0 Å². The van der Waals surface area contributed by atoms with Crippen molar-refractivity contribution in [1.29, 1.82) is 0 Å². The van der Waals surface area contributed by atoms with E-state index >= 15 is 0 Å². The van der Waals surface area contributed by atoms with Crippen molar-refractivity contribution in [3.8, 4) is 5.75 Å². The molecule has 5 nitrogen and oxygen atoms in total. The summed E-state index contributed by atoms with van der Waals surface area (Å²) in [7, 11) is 1.98. The lowest BCUT2D eigenvalue weighted by atomic mass is 9.74. The Balaban J connectivity index is 1.64. The fraction of sp³-hybridized carbons (Fsp3) is 0.474. The largest absolute Gasteiger partial charge is 0.490 e. The Morgan fingerprint density at radius 3 is 2.67 bits per heavy atom. The molecule has 0 bridgehead atoms. The fourth-order valence-electron chi connectivity index (χ4n) is 3.51. The first-order valence-corrected chi connectivity index (χ1v) is 8.51. The second-order valence-electron chi connectivity index (χ2n) is 7.53. The van der Waals surface area contributed by atoms with E-state index in [4.69, 9.17) is 4.74 Å². The molecule has 1 amide bonds. The number of hydrogen-bond acceptors (Lipinski definition) is 3. The van der Waals surface area contributed by atoms with Crippen LogP contribution in [0.25, 0.3) is 0 Å². The number of benzene rings is 1. The maximum Gasteiger partial charge on any atom is 0.258 e. The van der Waals surface area contributed by atoms with Crippen LogP contribution in [0.2, 0.25) is 0 Å². The number of hydrogen-bond donors (Lipinski definition) is 0. The summed E-state index contributed by atoms with van der Waals surface area (Å²) in [6.07, 6.45) is 6.15. The molecule has 2 heterocycles. The standard InChI is InChI=1S/C19H23N3O2/c1-19(2)12-22(16(19)17-20-10-11-21(17)3)18(23)14-6-4-5-7-15(14)24-13-8-9-13/h4-7,10-11,13,16H,8-9,12H2,1-3H3. The van der Waals surface area contributed by atoms with Crippen LogP contribution >= 0.6 is 0 Å². The van der Waals surface area contributed by atoms with E-state index in [1.54, 1.807) is 6.20 Å². The van der Waals surface area contributed by atoms with E-state index in [1.165, 1.54) is 0 Å². The van der Waals surface area contributed by atoms with Crippen molar-refractivity contribution in [2.75, 3.05) is 6.54 Å². The highest BCUT2D eigenvalue weighted by molar-refractivity contribution is 5.97. The van der Waals surface area contributed by atoms with Crippen molar-refractivity contribution in [2.24, 2.45) is 12.5 Å². The summed E-state index contributed by atoms with van der Waals surface area (Å²) in [5.74, 6) is 1.66. The zero-order valence-corrected chi connectivity index (χ0v) is 14.4. The van der Waals surface area contributed by atoms with Crippen molar-refractivity contribution in [2.45, 2.75) is 38.8 Å². The van der Waals surface area contributed by atoms with Crippen LogP contribution in [0.15, 0.2) is 36.7 Å². The average Bonchev–Trinajstić information content (AvgIpc) is 3.27. The van der Waals surface area contributed by atoms with E-state index in [1.807, 2.05) is 47.0 Å². The van der Waals surface area contributed by atoms with E-state index in [2.05, 4.69) is 18.8 Å². The predicted molar refractivity (Wildman–Crippen MR) is 90.9 cm³/mol. The van der Waals surface area contributed by atoms with Crippen LogP contribution in [-0.2, 0) is 7.05 Å².